The number of oxime groups is 1. The van der Waals surface area contributed by atoms with Gasteiger partial charge in [-0.2, -0.15) is 0 Å². The molecule has 10 rings (SSSR count). The van der Waals surface area contributed by atoms with E-state index >= 15 is 0 Å². The Morgan fingerprint density at radius 1 is 0.723 bits per heavy atom. The molecule has 5 heterocycles. The predicted octanol–water partition coefficient (Wildman–Crippen LogP) is 10.6. The number of β-lactam (4-membered cyclic amide) rings is 1. The Bertz CT molecular complexity index is 4060. The molecule has 0 radical (unpaired) electrons. The molecule has 4 amide bonds. The van der Waals surface area contributed by atoms with Crippen LogP contribution in [0.15, 0.2) is 125 Å². The van der Waals surface area contributed by atoms with Gasteiger partial charge in [-0.25, -0.2) is 19.4 Å². The third kappa shape index (κ3) is 19.1. The van der Waals surface area contributed by atoms with E-state index < -0.39 is 76.7 Å². The Kier molecular flexibility index (Phi) is 24.1. The SMILES string of the molecule is COc1ccc(COC(=O)C2=C(C[N+]3(CCN4CCc5c(cc(OCc6ccc(OC)cc6)c(OCc6ccc(OC)cc6)c5Cl)C4=O)CCCC3)CS[C@@H]3[C@H](NC(=O)C(=NOC(CC(=O)OC(C)(C)C)C(=O)OCc4ccc(OC)cc4)c4csc(NC(=O)OC(C)(C)C)n4)C(=O)N23)cc1. The first kappa shape index (κ1) is 74.1. The fourth-order valence-corrected chi connectivity index (χ4v) is 14.1. The van der Waals surface area contributed by atoms with Gasteiger partial charge in [0.15, 0.2) is 22.3 Å². The van der Waals surface area contributed by atoms with E-state index in [0.717, 1.165) is 48.4 Å². The minimum Gasteiger partial charge on any atom is -0.497 e. The van der Waals surface area contributed by atoms with Gasteiger partial charge in [0.05, 0.1) is 66.1 Å². The summed E-state index contributed by atoms with van der Waals surface area (Å²) in [6.45, 7) is 12.9. The van der Waals surface area contributed by atoms with E-state index in [1.165, 1.54) is 29.2 Å². The molecule has 28 heteroatoms. The van der Waals surface area contributed by atoms with Crippen molar-refractivity contribution in [3.05, 3.63) is 164 Å². The fraction of sp³-hybridized carbons (Fsp3) is 0.411. The molecule has 0 bridgehead atoms. The third-order valence-electron chi connectivity index (χ3n) is 16.9. The number of hydrogen-bond donors (Lipinski definition) is 2. The normalized spacial score (nSPS) is 16.7. The Labute approximate surface area is 599 Å². The van der Waals surface area contributed by atoms with Crippen molar-refractivity contribution in [2.75, 3.05) is 78.8 Å². The highest BCUT2D eigenvalue weighted by molar-refractivity contribution is 8.00. The second-order valence-electron chi connectivity index (χ2n) is 26.4. The average molecular weight is 1450 g/mol. The number of carbonyl (C=O) groups is 7. The highest BCUT2D eigenvalue weighted by Gasteiger charge is 2.56. The number of quaternary nitrogens is 1. The Morgan fingerprint density at radius 2 is 1.27 bits per heavy atom. The molecule has 2 N–H and O–H groups in total. The summed E-state index contributed by atoms with van der Waals surface area (Å²) in [5.41, 5.74) is 2.12. The maximum atomic E-state index is 15.0. The predicted molar refractivity (Wildman–Crippen MR) is 376 cm³/mol. The number of nitrogens with one attached hydrogen (secondary N) is 2. The smallest absolute Gasteiger partial charge is 0.413 e. The Morgan fingerprint density at radius 3 is 1.82 bits per heavy atom. The van der Waals surface area contributed by atoms with Crippen LogP contribution in [-0.2, 0) is 80.6 Å². The lowest BCUT2D eigenvalue weighted by Crippen LogP contribution is -2.71. The molecule has 101 heavy (non-hydrogen) atoms. The van der Waals surface area contributed by atoms with Crippen LogP contribution in [-0.4, -0.2) is 169 Å². The molecular weight excluding hydrogens is 1360 g/mol. The lowest BCUT2D eigenvalue weighted by atomic mass is 9.97. The summed E-state index contributed by atoms with van der Waals surface area (Å²) in [5.74, 6) is -1.09. The molecule has 0 spiro atoms. The number of esters is 3. The van der Waals surface area contributed by atoms with Crippen LogP contribution in [0.2, 0.25) is 5.02 Å². The van der Waals surface area contributed by atoms with Crippen molar-refractivity contribution in [2.45, 2.75) is 122 Å². The minimum atomic E-state index is -1.78. The summed E-state index contributed by atoms with van der Waals surface area (Å²) in [6.07, 6.45) is -1.14. The molecule has 4 aliphatic rings. The molecular formula is C73H83ClN7O18S2+. The number of halogens is 1. The summed E-state index contributed by atoms with van der Waals surface area (Å²) >= 11 is 9.50. The van der Waals surface area contributed by atoms with Gasteiger partial charge < -0.3 is 66.9 Å². The van der Waals surface area contributed by atoms with E-state index in [1.54, 1.807) is 117 Å². The number of ether oxygens (including phenoxy) is 10. The number of benzene rings is 5. The summed E-state index contributed by atoms with van der Waals surface area (Å²) in [4.78, 5) is 113. The first-order valence-electron chi connectivity index (χ1n) is 32.8. The van der Waals surface area contributed by atoms with Crippen LogP contribution >= 0.6 is 34.7 Å². The van der Waals surface area contributed by atoms with Crippen LogP contribution in [0.4, 0.5) is 9.93 Å². The van der Waals surface area contributed by atoms with Gasteiger partial charge in [-0.3, -0.25) is 29.4 Å². The van der Waals surface area contributed by atoms with E-state index in [-0.39, 0.29) is 59.6 Å². The number of aromatic nitrogens is 1. The maximum absolute atomic E-state index is 15.0. The number of carbonyl (C=O) groups excluding carboxylic acids is 7. The number of rotatable bonds is 29. The van der Waals surface area contributed by atoms with E-state index in [1.807, 2.05) is 53.4 Å². The van der Waals surface area contributed by atoms with E-state index in [0.29, 0.717) is 99.4 Å². The highest BCUT2D eigenvalue weighted by atomic mass is 35.5. The molecule has 536 valence electrons. The van der Waals surface area contributed by atoms with Crippen molar-refractivity contribution in [2.24, 2.45) is 5.16 Å². The van der Waals surface area contributed by atoms with Crippen LogP contribution in [0.3, 0.4) is 0 Å². The van der Waals surface area contributed by atoms with Gasteiger partial charge in [0.2, 0.25) is 6.10 Å². The van der Waals surface area contributed by atoms with Gasteiger partial charge in [-0.05, 0) is 130 Å². The third-order valence-corrected chi connectivity index (χ3v) is 19.4. The second-order valence-corrected chi connectivity index (χ2v) is 28.8. The van der Waals surface area contributed by atoms with E-state index in [2.05, 4.69) is 20.8 Å². The first-order chi connectivity index (χ1) is 48.3. The van der Waals surface area contributed by atoms with E-state index in [9.17, 15) is 33.6 Å². The zero-order chi connectivity index (χ0) is 72.2. The summed E-state index contributed by atoms with van der Waals surface area (Å²) < 4.78 is 57.3. The van der Waals surface area contributed by atoms with Crippen LogP contribution in [0.5, 0.6) is 34.5 Å². The fourth-order valence-electron chi connectivity index (χ4n) is 11.8. The summed E-state index contributed by atoms with van der Waals surface area (Å²) in [6, 6.07) is 29.1. The number of likely N-dealkylation sites (tertiary alicyclic amines) is 1. The molecule has 1 unspecified atom stereocenters. The monoisotopic (exact) mass is 1440 g/mol. The van der Waals surface area contributed by atoms with Crippen molar-refractivity contribution in [3.63, 3.8) is 0 Å². The van der Waals surface area contributed by atoms with Crippen LogP contribution in [0, 0.1) is 0 Å². The Hall–Kier alpha value is -9.57. The number of thioether (sulfide) groups is 1. The first-order valence-corrected chi connectivity index (χ1v) is 35.1. The topological polar surface area (TPSA) is 277 Å². The molecule has 1 aromatic heterocycles. The average Bonchev–Trinajstić information content (AvgIpc) is 1.04. The summed E-state index contributed by atoms with van der Waals surface area (Å²) in [5, 5.41) is 10.3. The number of fused-ring (bicyclic) bond motifs is 2. The number of hydrogen-bond acceptors (Lipinski definition) is 22. The maximum Gasteiger partial charge on any atom is 0.413 e. The van der Waals surface area contributed by atoms with Crippen molar-refractivity contribution in [3.8, 4) is 34.5 Å². The number of amides is 4. The lowest BCUT2D eigenvalue weighted by molar-refractivity contribution is -0.911. The van der Waals surface area contributed by atoms with Crippen molar-refractivity contribution in [1.29, 1.82) is 0 Å². The summed E-state index contributed by atoms with van der Waals surface area (Å²) in [7, 11) is 6.25. The second kappa shape index (κ2) is 32.8. The number of thiazole rings is 1. The molecule has 4 aliphatic heterocycles. The molecule has 5 aromatic carbocycles. The molecule has 6 aromatic rings. The van der Waals surface area contributed by atoms with Gasteiger partial charge >= 0.3 is 24.0 Å². The van der Waals surface area contributed by atoms with Gasteiger partial charge in [0.25, 0.3) is 17.7 Å². The zero-order valence-electron chi connectivity index (χ0n) is 58.0. The van der Waals surface area contributed by atoms with Crippen LogP contribution < -0.4 is 39.1 Å². The Balaban J connectivity index is 0.907. The largest absolute Gasteiger partial charge is 0.497 e. The lowest BCUT2D eigenvalue weighted by Gasteiger charge is -2.50. The van der Waals surface area contributed by atoms with Crippen molar-refractivity contribution >= 4 is 87.3 Å². The van der Waals surface area contributed by atoms with Gasteiger partial charge in [-0.15, -0.1) is 23.1 Å². The number of methoxy groups -OCH3 is 4. The molecule has 25 nitrogen and oxygen atoms in total. The molecule has 2 fully saturated rings. The molecule has 2 saturated heterocycles. The number of nitrogens with zero attached hydrogens (tertiary/aromatic N) is 5. The van der Waals surface area contributed by atoms with Crippen molar-refractivity contribution < 1.29 is 90.3 Å². The van der Waals surface area contributed by atoms with Crippen LogP contribution in [0.25, 0.3) is 0 Å². The van der Waals surface area contributed by atoms with Gasteiger partial charge in [0, 0.05) is 41.7 Å². The molecule has 0 saturated carbocycles. The van der Waals surface area contributed by atoms with Gasteiger partial charge in [0.1, 0.15) is 90.0 Å². The van der Waals surface area contributed by atoms with Crippen molar-refractivity contribution in [1.82, 2.24) is 20.1 Å². The zero-order valence-corrected chi connectivity index (χ0v) is 60.4. The highest BCUT2D eigenvalue weighted by Crippen LogP contribution is 2.45. The quantitative estimate of drug-likeness (QED) is 0.0110. The standard InChI is InChI=1S/C73H82ClN7O18S2/c1-72(2,3)97-58(82)36-57(68(86)95-40-46-17-25-51(91-9)26-18-46)99-78-60(55-43-101-70(75-55)77-71(88)98-73(4,5)6)64(83)76-61-66(85)80-62(69(87)96-41-47-19-27-52(92-10)28-20-47)48(42-100-67(61)80)37-81(32-11-12-33-81)34-31-79-30-29-53-54(65(79)84)35-56(93-38-44-13-21-49(89-7)22-14-44)63(59(53)74)94-39-45-15-23-50(90-8)24-16-45/h13-28,35,43,57,61,67H,11-12,29-34,36-42H2,1-10H3,(H-,75,76,77,83,88)/p+1/t57?,61-,67-/m1/s1. The molecule has 3 atom stereocenters. The number of anilines is 1. The minimum absolute atomic E-state index is 0.0116. The molecule has 0 aliphatic carbocycles. The van der Waals surface area contributed by atoms with Crippen LogP contribution in [0.1, 0.15) is 105 Å². The van der Waals surface area contributed by atoms with Gasteiger partial charge in [-0.1, -0.05) is 65.3 Å². The van der Waals surface area contributed by atoms with E-state index in [4.69, 9.17) is 63.8 Å².